The maximum absolute atomic E-state index is 11.3. The molecule has 0 unspecified atom stereocenters. The third-order valence-corrected chi connectivity index (χ3v) is 0.915. The Labute approximate surface area is 51.3 Å². The first-order valence-corrected chi connectivity index (χ1v) is 2.83. The van der Waals surface area contributed by atoms with Crippen molar-refractivity contribution < 1.29 is 17.3 Å². The second-order valence-corrected chi connectivity index (χ2v) is 1.90. The van der Waals surface area contributed by atoms with Crippen molar-refractivity contribution in [2.75, 3.05) is 6.67 Å². The van der Waals surface area contributed by atoms with Crippen LogP contribution in [0.1, 0.15) is 12.8 Å². The monoisotopic (exact) mass is 143 g/mol. The summed E-state index contributed by atoms with van der Waals surface area (Å²) < 4.78 is 45.2. The molecular formula is C4H8BF4-. The average molecular weight is 143 g/mol. The van der Waals surface area contributed by atoms with Crippen LogP contribution in [0.4, 0.5) is 17.3 Å². The van der Waals surface area contributed by atoms with Gasteiger partial charge in [-0.3, -0.25) is 4.39 Å². The van der Waals surface area contributed by atoms with Crippen LogP contribution in [0.5, 0.6) is 0 Å². The van der Waals surface area contributed by atoms with Crippen molar-refractivity contribution in [2.24, 2.45) is 0 Å². The van der Waals surface area contributed by atoms with Gasteiger partial charge < -0.3 is 12.9 Å². The molecule has 0 atom stereocenters. The molecule has 0 aromatic carbocycles. The largest absolute Gasteiger partial charge is 0.478 e. The summed E-state index contributed by atoms with van der Waals surface area (Å²) >= 11 is 0. The Balaban J connectivity index is 3.07. The van der Waals surface area contributed by atoms with E-state index in [2.05, 4.69) is 0 Å². The highest BCUT2D eigenvalue weighted by atomic mass is 19.4. The number of alkyl halides is 1. The quantitative estimate of drug-likeness (QED) is 0.322. The molecule has 0 amide bonds. The Morgan fingerprint density at radius 3 is 1.89 bits per heavy atom. The standard InChI is InChI=1S/C4H8BF4/c6-4-2-1-3-5(7,8)9/h1-4H2/q-1. The van der Waals surface area contributed by atoms with Crippen LogP contribution in [-0.4, -0.2) is 13.7 Å². The van der Waals surface area contributed by atoms with Crippen molar-refractivity contribution in [1.82, 2.24) is 0 Å². The minimum absolute atomic E-state index is 0.0290. The van der Waals surface area contributed by atoms with Crippen LogP contribution in [0.3, 0.4) is 0 Å². The topological polar surface area (TPSA) is 0 Å². The molecule has 5 heteroatoms. The Kier molecular flexibility index (Phi) is 3.65. The zero-order chi connectivity index (χ0) is 7.33. The van der Waals surface area contributed by atoms with Gasteiger partial charge in [-0.25, -0.2) is 0 Å². The van der Waals surface area contributed by atoms with Gasteiger partial charge in [0, 0.05) is 0 Å². The Morgan fingerprint density at radius 2 is 1.56 bits per heavy atom. The summed E-state index contributed by atoms with van der Waals surface area (Å²) in [5, 5.41) is 0. The van der Waals surface area contributed by atoms with Gasteiger partial charge in [0.15, 0.2) is 0 Å². The predicted octanol–water partition coefficient (Wildman–Crippen LogP) is 2.58. The highest BCUT2D eigenvalue weighted by molar-refractivity contribution is 6.58. The summed E-state index contributed by atoms with van der Waals surface area (Å²) in [7, 11) is 0. The summed E-state index contributed by atoms with van der Waals surface area (Å²) in [6.07, 6.45) is -0.842. The van der Waals surface area contributed by atoms with Gasteiger partial charge in [-0.15, -0.1) is 0 Å². The minimum atomic E-state index is -4.68. The molecule has 0 bridgehead atoms. The van der Waals surface area contributed by atoms with Crippen LogP contribution in [0, 0.1) is 0 Å². The van der Waals surface area contributed by atoms with Crippen molar-refractivity contribution in [1.29, 1.82) is 0 Å². The SMILES string of the molecule is FCCCC[B-](F)(F)F. The predicted molar refractivity (Wildman–Crippen MR) is 29.1 cm³/mol. The fourth-order valence-corrected chi connectivity index (χ4v) is 0.470. The van der Waals surface area contributed by atoms with E-state index in [0.29, 0.717) is 0 Å². The highest BCUT2D eigenvalue weighted by Gasteiger charge is 2.21. The molecule has 0 nitrogen and oxygen atoms in total. The van der Waals surface area contributed by atoms with E-state index in [1.54, 1.807) is 0 Å². The lowest BCUT2D eigenvalue weighted by atomic mass is 9.84. The number of hydrogen-bond acceptors (Lipinski definition) is 0. The third kappa shape index (κ3) is 7.78. The molecular weight excluding hydrogens is 135 g/mol. The molecule has 0 heterocycles. The van der Waals surface area contributed by atoms with Gasteiger partial charge in [0.2, 0.25) is 0 Å². The zero-order valence-corrected chi connectivity index (χ0v) is 4.92. The second-order valence-electron chi connectivity index (χ2n) is 1.90. The van der Waals surface area contributed by atoms with Gasteiger partial charge in [-0.2, -0.15) is 0 Å². The van der Waals surface area contributed by atoms with E-state index < -0.39 is 20.0 Å². The molecule has 9 heavy (non-hydrogen) atoms. The van der Waals surface area contributed by atoms with Crippen LogP contribution in [0.25, 0.3) is 0 Å². The first kappa shape index (κ1) is 8.78. The molecule has 0 aliphatic rings. The van der Waals surface area contributed by atoms with Gasteiger partial charge in [0.05, 0.1) is 6.67 Å². The van der Waals surface area contributed by atoms with Gasteiger partial charge in [-0.05, 0) is 6.42 Å². The fourth-order valence-electron chi connectivity index (χ4n) is 0.470. The third-order valence-electron chi connectivity index (χ3n) is 0.915. The summed E-state index contributed by atoms with van der Waals surface area (Å²) in [6, 6.07) is 0. The summed E-state index contributed by atoms with van der Waals surface area (Å²) in [4.78, 5) is 0. The van der Waals surface area contributed by atoms with E-state index in [9.17, 15) is 17.3 Å². The van der Waals surface area contributed by atoms with Crippen molar-refractivity contribution in [2.45, 2.75) is 19.2 Å². The Hall–Kier alpha value is -0.215. The second kappa shape index (κ2) is 3.74. The van der Waals surface area contributed by atoms with E-state index in [1.807, 2.05) is 0 Å². The zero-order valence-electron chi connectivity index (χ0n) is 4.92. The normalized spacial score (nSPS) is 12.0. The van der Waals surface area contributed by atoms with Crippen molar-refractivity contribution in [3.8, 4) is 0 Å². The molecule has 0 rings (SSSR count). The molecule has 0 saturated carbocycles. The lowest BCUT2D eigenvalue weighted by Crippen LogP contribution is -2.13. The lowest BCUT2D eigenvalue weighted by molar-refractivity contribution is 0.437. The Bertz CT molecular complexity index is 69.5. The van der Waals surface area contributed by atoms with Gasteiger partial charge in [0.1, 0.15) is 0 Å². The lowest BCUT2D eigenvalue weighted by Gasteiger charge is -2.11. The summed E-state index contributed by atoms with van der Waals surface area (Å²) in [5.41, 5.74) is 0. The maximum Gasteiger partial charge on any atom is 0.478 e. The average Bonchev–Trinajstić information content (AvgIpc) is 1.63. The van der Waals surface area contributed by atoms with Crippen LogP contribution in [-0.2, 0) is 0 Å². The molecule has 0 spiro atoms. The molecule has 0 aromatic rings. The summed E-state index contributed by atoms with van der Waals surface area (Å²) in [5.74, 6) is 0. The van der Waals surface area contributed by atoms with E-state index in [0.717, 1.165) is 0 Å². The number of rotatable bonds is 4. The van der Waals surface area contributed by atoms with Crippen LogP contribution >= 0.6 is 0 Å². The molecule has 0 saturated heterocycles. The minimum Gasteiger partial charge on any atom is -0.449 e. The van der Waals surface area contributed by atoms with Gasteiger partial charge in [-0.1, -0.05) is 12.7 Å². The van der Waals surface area contributed by atoms with E-state index in [-0.39, 0.29) is 12.8 Å². The summed E-state index contributed by atoms with van der Waals surface area (Å²) in [6.45, 7) is -5.32. The van der Waals surface area contributed by atoms with E-state index in [1.165, 1.54) is 0 Å². The smallest absolute Gasteiger partial charge is 0.449 e. The molecule has 56 valence electrons. The van der Waals surface area contributed by atoms with Gasteiger partial charge >= 0.3 is 6.98 Å². The van der Waals surface area contributed by atoms with Crippen molar-refractivity contribution in [3.63, 3.8) is 0 Å². The maximum atomic E-state index is 11.3. The molecule has 0 aromatic heterocycles. The number of unbranched alkanes of at least 4 members (excludes halogenated alkanes) is 1. The van der Waals surface area contributed by atoms with Crippen LogP contribution in [0.15, 0.2) is 0 Å². The molecule has 0 aliphatic carbocycles. The molecule has 0 fully saturated rings. The van der Waals surface area contributed by atoms with Crippen LogP contribution in [0.2, 0.25) is 6.32 Å². The first-order valence-electron chi connectivity index (χ1n) is 2.83. The van der Waals surface area contributed by atoms with Gasteiger partial charge in [0.25, 0.3) is 0 Å². The molecule has 0 N–H and O–H groups in total. The first-order chi connectivity index (χ1) is 4.06. The fraction of sp³-hybridized carbons (Fsp3) is 1.00. The molecule has 0 aliphatic heterocycles. The van der Waals surface area contributed by atoms with E-state index in [4.69, 9.17) is 0 Å². The van der Waals surface area contributed by atoms with Crippen molar-refractivity contribution in [3.05, 3.63) is 0 Å². The number of hydrogen-bond donors (Lipinski definition) is 0. The van der Waals surface area contributed by atoms with Crippen molar-refractivity contribution >= 4 is 6.98 Å². The Morgan fingerprint density at radius 1 is 1.00 bits per heavy atom. The highest BCUT2D eigenvalue weighted by Crippen LogP contribution is 2.17. The van der Waals surface area contributed by atoms with E-state index >= 15 is 0 Å². The molecule has 0 radical (unpaired) electrons. The number of halogens is 4. The van der Waals surface area contributed by atoms with Crippen LogP contribution < -0.4 is 0 Å².